The standard InChI is InChI=1S/C17H28N2/c1-3-19(17-10-5-4-6-11-17)13-12-18-16-9-7-8-15(2)14-16/h7-9,14,17-18H,3-6,10-13H2,1-2H3. The number of hydrogen-bond donors (Lipinski definition) is 1. The summed E-state index contributed by atoms with van der Waals surface area (Å²) in [4.78, 5) is 2.65. The van der Waals surface area contributed by atoms with Crippen molar-refractivity contribution in [1.82, 2.24) is 4.90 Å². The zero-order chi connectivity index (χ0) is 13.5. The van der Waals surface area contributed by atoms with Gasteiger partial charge in [0, 0.05) is 24.8 Å². The molecule has 0 atom stereocenters. The van der Waals surface area contributed by atoms with E-state index >= 15 is 0 Å². The largest absolute Gasteiger partial charge is 0.384 e. The molecule has 1 fully saturated rings. The molecule has 0 heterocycles. The maximum absolute atomic E-state index is 3.55. The van der Waals surface area contributed by atoms with Crippen LogP contribution in [0.1, 0.15) is 44.6 Å². The first-order chi connectivity index (χ1) is 9.29. The van der Waals surface area contributed by atoms with E-state index in [9.17, 15) is 0 Å². The number of hydrogen-bond acceptors (Lipinski definition) is 2. The molecular weight excluding hydrogens is 232 g/mol. The number of likely N-dealkylation sites (N-methyl/N-ethyl adjacent to an activating group) is 1. The molecule has 0 amide bonds. The van der Waals surface area contributed by atoms with E-state index in [0.717, 1.165) is 19.1 Å². The van der Waals surface area contributed by atoms with Gasteiger partial charge in [0.05, 0.1) is 0 Å². The quantitative estimate of drug-likeness (QED) is 0.829. The van der Waals surface area contributed by atoms with Crippen LogP contribution in [0, 0.1) is 6.92 Å². The summed E-state index contributed by atoms with van der Waals surface area (Å²) < 4.78 is 0. The van der Waals surface area contributed by atoms with Crippen LogP contribution in [0.15, 0.2) is 24.3 Å². The smallest absolute Gasteiger partial charge is 0.0343 e. The monoisotopic (exact) mass is 260 g/mol. The lowest BCUT2D eigenvalue weighted by molar-refractivity contribution is 0.169. The number of anilines is 1. The van der Waals surface area contributed by atoms with Crippen LogP contribution in [-0.4, -0.2) is 30.6 Å². The second-order valence-corrected chi connectivity index (χ2v) is 5.72. The van der Waals surface area contributed by atoms with E-state index < -0.39 is 0 Å². The van der Waals surface area contributed by atoms with Crippen molar-refractivity contribution in [2.24, 2.45) is 0 Å². The molecule has 0 radical (unpaired) electrons. The Morgan fingerprint density at radius 2 is 2.00 bits per heavy atom. The average Bonchev–Trinajstić information content (AvgIpc) is 2.45. The Kier molecular flexibility index (Phi) is 5.71. The summed E-state index contributed by atoms with van der Waals surface area (Å²) in [6.45, 7) is 7.83. The number of nitrogens with one attached hydrogen (secondary N) is 1. The van der Waals surface area contributed by atoms with Gasteiger partial charge in [0.25, 0.3) is 0 Å². The molecule has 1 saturated carbocycles. The summed E-state index contributed by atoms with van der Waals surface area (Å²) in [7, 11) is 0. The van der Waals surface area contributed by atoms with Gasteiger partial charge in [0.15, 0.2) is 0 Å². The SMILES string of the molecule is CCN(CCNc1cccc(C)c1)C1CCCCC1. The first-order valence-electron chi connectivity index (χ1n) is 7.84. The van der Waals surface area contributed by atoms with E-state index in [1.807, 2.05) is 0 Å². The van der Waals surface area contributed by atoms with Crippen LogP contribution in [-0.2, 0) is 0 Å². The fourth-order valence-electron chi connectivity index (χ4n) is 3.14. The van der Waals surface area contributed by atoms with Crippen molar-refractivity contribution in [3.8, 4) is 0 Å². The maximum atomic E-state index is 3.55. The zero-order valence-electron chi connectivity index (χ0n) is 12.5. The molecule has 0 aliphatic heterocycles. The Bertz CT molecular complexity index is 369. The summed E-state index contributed by atoms with van der Waals surface area (Å²) in [6.07, 6.45) is 7.09. The van der Waals surface area contributed by atoms with E-state index in [1.54, 1.807) is 0 Å². The summed E-state index contributed by atoms with van der Waals surface area (Å²) >= 11 is 0. The molecule has 1 aromatic carbocycles. The molecule has 1 aliphatic carbocycles. The van der Waals surface area contributed by atoms with Gasteiger partial charge in [-0.1, -0.05) is 38.3 Å². The van der Waals surface area contributed by atoms with Crippen LogP contribution in [0.25, 0.3) is 0 Å². The molecule has 2 rings (SSSR count). The third-order valence-electron chi connectivity index (χ3n) is 4.24. The van der Waals surface area contributed by atoms with Gasteiger partial charge in [-0.2, -0.15) is 0 Å². The molecule has 1 aliphatic rings. The lowest BCUT2D eigenvalue weighted by Crippen LogP contribution is -2.39. The summed E-state index contributed by atoms with van der Waals surface area (Å²) in [5.41, 5.74) is 2.57. The second kappa shape index (κ2) is 7.54. The van der Waals surface area contributed by atoms with Crippen molar-refractivity contribution in [2.45, 2.75) is 52.0 Å². The molecular formula is C17H28N2. The van der Waals surface area contributed by atoms with Crippen molar-refractivity contribution in [1.29, 1.82) is 0 Å². The molecule has 19 heavy (non-hydrogen) atoms. The van der Waals surface area contributed by atoms with Crippen LogP contribution >= 0.6 is 0 Å². The summed E-state index contributed by atoms with van der Waals surface area (Å²) in [5.74, 6) is 0. The van der Waals surface area contributed by atoms with E-state index in [4.69, 9.17) is 0 Å². The number of nitrogens with zero attached hydrogens (tertiary/aromatic N) is 1. The van der Waals surface area contributed by atoms with Gasteiger partial charge in [0.1, 0.15) is 0 Å². The highest BCUT2D eigenvalue weighted by Gasteiger charge is 2.19. The Hall–Kier alpha value is -1.02. The van der Waals surface area contributed by atoms with Crippen LogP contribution < -0.4 is 5.32 Å². The normalized spacial score (nSPS) is 16.8. The van der Waals surface area contributed by atoms with Crippen molar-refractivity contribution >= 4 is 5.69 Å². The highest BCUT2D eigenvalue weighted by atomic mass is 15.2. The zero-order valence-corrected chi connectivity index (χ0v) is 12.5. The molecule has 0 unspecified atom stereocenters. The third-order valence-corrected chi connectivity index (χ3v) is 4.24. The predicted octanol–water partition coefficient (Wildman–Crippen LogP) is 4.06. The number of benzene rings is 1. The molecule has 2 heteroatoms. The number of rotatable bonds is 6. The Balaban J connectivity index is 1.76. The van der Waals surface area contributed by atoms with Crippen molar-refractivity contribution in [3.05, 3.63) is 29.8 Å². The van der Waals surface area contributed by atoms with Gasteiger partial charge >= 0.3 is 0 Å². The van der Waals surface area contributed by atoms with Crippen molar-refractivity contribution in [2.75, 3.05) is 25.0 Å². The average molecular weight is 260 g/mol. The van der Waals surface area contributed by atoms with Crippen LogP contribution in [0.3, 0.4) is 0 Å². The highest BCUT2D eigenvalue weighted by molar-refractivity contribution is 5.45. The molecule has 1 N–H and O–H groups in total. The Morgan fingerprint density at radius 3 is 2.68 bits per heavy atom. The predicted molar refractivity (Wildman–Crippen MR) is 83.8 cm³/mol. The lowest BCUT2D eigenvalue weighted by Gasteiger charge is -2.33. The van der Waals surface area contributed by atoms with Crippen LogP contribution in [0.2, 0.25) is 0 Å². The minimum atomic E-state index is 0.832. The van der Waals surface area contributed by atoms with Gasteiger partial charge in [-0.05, 0) is 44.0 Å². The highest BCUT2D eigenvalue weighted by Crippen LogP contribution is 2.22. The number of aryl methyl sites for hydroxylation is 1. The summed E-state index contributed by atoms with van der Waals surface area (Å²) in [6, 6.07) is 9.47. The fraction of sp³-hybridized carbons (Fsp3) is 0.647. The molecule has 0 spiro atoms. The lowest BCUT2D eigenvalue weighted by atomic mass is 9.94. The summed E-state index contributed by atoms with van der Waals surface area (Å²) in [5, 5.41) is 3.55. The molecule has 2 nitrogen and oxygen atoms in total. The van der Waals surface area contributed by atoms with Crippen molar-refractivity contribution in [3.63, 3.8) is 0 Å². The molecule has 0 saturated heterocycles. The van der Waals surface area contributed by atoms with E-state index in [0.29, 0.717) is 0 Å². The van der Waals surface area contributed by atoms with Gasteiger partial charge in [0.2, 0.25) is 0 Å². The van der Waals surface area contributed by atoms with Crippen LogP contribution in [0.4, 0.5) is 5.69 Å². The Labute approximate surface area is 118 Å². The molecule has 1 aromatic rings. The van der Waals surface area contributed by atoms with Gasteiger partial charge in [-0.15, -0.1) is 0 Å². The van der Waals surface area contributed by atoms with Gasteiger partial charge in [-0.25, -0.2) is 0 Å². The fourth-order valence-corrected chi connectivity index (χ4v) is 3.14. The van der Waals surface area contributed by atoms with Crippen molar-refractivity contribution < 1.29 is 0 Å². The molecule has 106 valence electrons. The minimum Gasteiger partial charge on any atom is -0.384 e. The molecule has 0 bridgehead atoms. The van der Waals surface area contributed by atoms with Gasteiger partial charge in [-0.3, -0.25) is 4.90 Å². The second-order valence-electron chi connectivity index (χ2n) is 5.72. The van der Waals surface area contributed by atoms with E-state index in [1.165, 1.54) is 49.9 Å². The first kappa shape index (κ1) is 14.4. The topological polar surface area (TPSA) is 15.3 Å². The molecule has 0 aromatic heterocycles. The van der Waals surface area contributed by atoms with Crippen LogP contribution in [0.5, 0.6) is 0 Å². The van der Waals surface area contributed by atoms with E-state index in [2.05, 4.69) is 48.3 Å². The Morgan fingerprint density at radius 1 is 1.21 bits per heavy atom. The van der Waals surface area contributed by atoms with E-state index in [-0.39, 0.29) is 0 Å². The first-order valence-corrected chi connectivity index (χ1v) is 7.84. The minimum absolute atomic E-state index is 0.832. The van der Waals surface area contributed by atoms with Gasteiger partial charge < -0.3 is 5.32 Å². The third kappa shape index (κ3) is 4.54. The maximum Gasteiger partial charge on any atom is 0.0343 e.